The van der Waals surface area contributed by atoms with E-state index < -0.39 is 0 Å². The first-order chi connectivity index (χ1) is 9.13. The summed E-state index contributed by atoms with van der Waals surface area (Å²) in [6.07, 6.45) is 1.66. The third kappa shape index (κ3) is 2.19. The van der Waals surface area contributed by atoms with E-state index in [0.717, 1.165) is 10.4 Å². The molecule has 0 aliphatic carbocycles. The van der Waals surface area contributed by atoms with Gasteiger partial charge < -0.3 is 10.3 Å². The van der Waals surface area contributed by atoms with E-state index in [1.54, 1.807) is 12.3 Å². The molecular formula is C12H11N5OS. The molecule has 0 aliphatic heterocycles. The third-order valence-corrected chi connectivity index (χ3v) is 3.43. The molecule has 0 bridgehead atoms. The monoisotopic (exact) mass is 273 g/mol. The van der Waals surface area contributed by atoms with Gasteiger partial charge in [0.05, 0.1) is 10.6 Å². The molecular weight excluding hydrogens is 262 g/mol. The standard InChI is InChI=1S/C12H11N5OS/c1-6-5-8(10(13)19-6)12-16-11(17-18-12)9-3-4-14-7(2)15-9/h3-5H,13H2,1-2H3. The molecule has 0 aliphatic rings. The van der Waals surface area contributed by atoms with Crippen molar-refractivity contribution in [1.82, 2.24) is 20.1 Å². The molecule has 0 fully saturated rings. The van der Waals surface area contributed by atoms with Crippen LogP contribution in [0.15, 0.2) is 22.9 Å². The summed E-state index contributed by atoms with van der Waals surface area (Å²) in [6.45, 7) is 3.79. The quantitative estimate of drug-likeness (QED) is 0.771. The second kappa shape index (κ2) is 4.43. The number of nitrogen functional groups attached to an aromatic ring is 1. The first kappa shape index (κ1) is 11.8. The average molecular weight is 273 g/mol. The third-order valence-electron chi connectivity index (χ3n) is 2.55. The van der Waals surface area contributed by atoms with Gasteiger partial charge in [0, 0.05) is 11.1 Å². The average Bonchev–Trinajstić information content (AvgIpc) is 2.96. The summed E-state index contributed by atoms with van der Waals surface area (Å²) < 4.78 is 5.24. The first-order valence-electron chi connectivity index (χ1n) is 5.63. The number of thiophene rings is 1. The fourth-order valence-corrected chi connectivity index (χ4v) is 2.50. The Bertz CT molecular complexity index is 733. The number of nitrogens with zero attached hydrogens (tertiary/aromatic N) is 4. The Labute approximate surface area is 113 Å². The number of rotatable bonds is 2. The molecule has 3 rings (SSSR count). The highest BCUT2D eigenvalue weighted by Gasteiger charge is 2.15. The smallest absolute Gasteiger partial charge is 0.261 e. The van der Waals surface area contributed by atoms with Crippen molar-refractivity contribution >= 4 is 16.3 Å². The zero-order chi connectivity index (χ0) is 13.4. The summed E-state index contributed by atoms with van der Waals surface area (Å²) in [6, 6.07) is 3.67. The predicted molar refractivity (Wildman–Crippen MR) is 72.5 cm³/mol. The fourth-order valence-electron chi connectivity index (χ4n) is 1.72. The number of anilines is 1. The van der Waals surface area contributed by atoms with Crippen LogP contribution < -0.4 is 5.73 Å². The summed E-state index contributed by atoms with van der Waals surface area (Å²) in [4.78, 5) is 13.7. The van der Waals surface area contributed by atoms with Crippen LogP contribution in [0.4, 0.5) is 5.00 Å². The van der Waals surface area contributed by atoms with Crippen molar-refractivity contribution in [3.05, 3.63) is 29.0 Å². The number of nitrogens with two attached hydrogens (primary N) is 1. The lowest BCUT2D eigenvalue weighted by Crippen LogP contribution is -1.91. The lowest BCUT2D eigenvalue weighted by Gasteiger charge is -1.93. The van der Waals surface area contributed by atoms with Gasteiger partial charge in [-0.3, -0.25) is 0 Å². The Morgan fingerprint density at radius 1 is 1.26 bits per heavy atom. The molecule has 0 radical (unpaired) electrons. The van der Waals surface area contributed by atoms with E-state index in [1.165, 1.54) is 11.3 Å². The van der Waals surface area contributed by atoms with Crippen LogP contribution in [0.2, 0.25) is 0 Å². The van der Waals surface area contributed by atoms with Crippen LogP contribution >= 0.6 is 11.3 Å². The number of aryl methyl sites for hydroxylation is 2. The van der Waals surface area contributed by atoms with Crippen LogP contribution in [0.1, 0.15) is 10.7 Å². The summed E-state index contributed by atoms with van der Waals surface area (Å²) >= 11 is 1.50. The second-order valence-electron chi connectivity index (χ2n) is 4.05. The van der Waals surface area contributed by atoms with Crippen molar-refractivity contribution in [1.29, 1.82) is 0 Å². The van der Waals surface area contributed by atoms with Crippen molar-refractivity contribution in [3.8, 4) is 23.0 Å². The van der Waals surface area contributed by atoms with E-state index in [-0.39, 0.29) is 0 Å². The maximum Gasteiger partial charge on any atom is 0.261 e. The van der Waals surface area contributed by atoms with Crippen LogP contribution in [-0.4, -0.2) is 20.1 Å². The topological polar surface area (TPSA) is 90.7 Å². The van der Waals surface area contributed by atoms with E-state index >= 15 is 0 Å². The summed E-state index contributed by atoms with van der Waals surface area (Å²) in [5.74, 6) is 1.51. The van der Waals surface area contributed by atoms with Crippen molar-refractivity contribution in [2.75, 3.05) is 5.73 Å². The van der Waals surface area contributed by atoms with Gasteiger partial charge in [0.2, 0.25) is 5.82 Å². The van der Waals surface area contributed by atoms with Gasteiger partial charge in [0.15, 0.2) is 0 Å². The lowest BCUT2D eigenvalue weighted by molar-refractivity contribution is 0.432. The fraction of sp³-hybridized carbons (Fsp3) is 0.167. The molecule has 6 nitrogen and oxygen atoms in total. The number of hydrogen-bond acceptors (Lipinski definition) is 7. The normalized spacial score (nSPS) is 10.8. The molecule has 96 valence electrons. The van der Waals surface area contributed by atoms with Gasteiger partial charge in [-0.05, 0) is 26.0 Å². The van der Waals surface area contributed by atoms with Crippen LogP contribution in [0, 0.1) is 13.8 Å². The Balaban J connectivity index is 2.02. The van der Waals surface area contributed by atoms with Gasteiger partial charge in [0.25, 0.3) is 5.89 Å². The van der Waals surface area contributed by atoms with Crippen molar-refractivity contribution < 1.29 is 4.52 Å². The molecule has 0 unspecified atom stereocenters. The first-order valence-corrected chi connectivity index (χ1v) is 6.45. The van der Waals surface area contributed by atoms with E-state index in [0.29, 0.717) is 28.2 Å². The summed E-state index contributed by atoms with van der Waals surface area (Å²) in [5, 5.41) is 4.60. The molecule has 0 aromatic carbocycles. The van der Waals surface area contributed by atoms with Crippen molar-refractivity contribution in [3.63, 3.8) is 0 Å². The molecule has 3 aromatic rings. The summed E-state index contributed by atoms with van der Waals surface area (Å²) in [5.41, 5.74) is 7.31. The molecule has 0 amide bonds. The Morgan fingerprint density at radius 3 is 2.79 bits per heavy atom. The van der Waals surface area contributed by atoms with Gasteiger partial charge in [-0.15, -0.1) is 11.3 Å². The van der Waals surface area contributed by atoms with Crippen LogP contribution in [0.25, 0.3) is 23.0 Å². The maximum atomic E-state index is 5.91. The van der Waals surface area contributed by atoms with Crippen LogP contribution in [-0.2, 0) is 0 Å². The highest BCUT2D eigenvalue weighted by Crippen LogP contribution is 2.33. The summed E-state index contributed by atoms with van der Waals surface area (Å²) in [7, 11) is 0. The molecule has 0 saturated carbocycles. The zero-order valence-electron chi connectivity index (χ0n) is 10.4. The van der Waals surface area contributed by atoms with E-state index in [4.69, 9.17) is 10.3 Å². The minimum atomic E-state index is 0.410. The van der Waals surface area contributed by atoms with E-state index in [9.17, 15) is 0 Å². The van der Waals surface area contributed by atoms with Crippen LogP contribution in [0.3, 0.4) is 0 Å². The van der Waals surface area contributed by atoms with Gasteiger partial charge >= 0.3 is 0 Å². The van der Waals surface area contributed by atoms with E-state index in [1.807, 2.05) is 19.9 Å². The SMILES string of the molecule is Cc1nccc(-c2noc(-c3cc(C)sc3N)n2)n1. The largest absolute Gasteiger partial charge is 0.390 e. The van der Waals surface area contributed by atoms with Gasteiger partial charge in [0.1, 0.15) is 11.5 Å². The maximum absolute atomic E-state index is 5.91. The Kier molecular flexibility index (Phi) is 2.75. The molecule has 0 saturated heterocycles. The Morgan fingerprint density at radius 2 is 2.11 bits per heavy atom. The molecule has 3 aromatic heterocycles. The molecule has 19 heavy (non-hydrogen) atoms. The predicted octanol–water partition coefficient (Wildman–Crippen LogP) is 2.45. The Hall–Kier alpha value is -2.28. The highest BCUT2D eigenvalue weighted by molar-refractivity contribution is 7.16. The highest BCUT2D eigenvalue weighted by atomic mass is 32.1. The lowest BCUT2D eigenvalue weighted by atomic mass is 10.3. The molecule has 0 spiro atoms. The van der Waals surface area contributed by atoms with Crippen molar-refractivity contribution in [2.45, 2.75) is 13.8 Å². The van der Waals surface area contributed by atoms with Gasteiger partial charge in [-0.2, -0.15) is 4.98 Å². The van der Waals surface area contributed by atoms with Gasteiger partial charge in [-0.1, -0.05) is 5.16 Å². The molecule has 3 heterocycles. The minimum absolute atomic E-state index is 0.410. The minimum Gasteiger partial charge on any atom is -0.390 e. The number of hydrogen-bond donors (Lipinski definition) is 1. The zero-order valence-corrected chi connectivity index (χ0v) is 11.2. The van der Waals surface area contributed by atoms with Crippen molar-refractivity contribution in [2.24, 2.45) is 0 Å². The molecule has 0 atom stereocenters. The molecule has 7 heteroatoms. The van der Waals surface area contributed by atoms with Gasteiger partial charge in [-0.25, -0.2) is 9.97 Å². The second-order valence-corrected chi connectivity index (χ2v) is 5.34. The van der Waals surface area contributed by atoms with Crippen LogP contribution in [0.5, 0.6) is 0 Å². The number of aromatic nitrogens is 4. The molecule has 2 N–H and O–H groups in total. The van der Waals surface area contributed by atoms with E-state index in [2.05, 4.69) is 20.1 Å².